The topological polar surface area (TPSA) is 41.6 Å². The Labute approximate surface area is 129 Å². The fourth-order valence-corrected chi connectivity index (χ4v) is 3.66. The van der Waals surface area contributed by atoms with Gasteiger partial charge in [0.2, 0.25) is 0 Å². The molecule has 0 aliphatic heterocycles. The van der Waals surface area contributed by atoms with Crippen molar-refractivity contribution in [1.82, 2.24) is 9.55 Å². The maximum atomic E-state index is 9.32. The van der Waals surface area contributed by atoms with Gasteiger partial charge in [0.1, 0.15) is 17.4 Å². The minimum atomic E-state index is -0.135. The van der Waals surface area contributed by atoms with Crippen LogP contribution in [0.1, 0.15) is 55.4 Å². The van der Waals surface area contributed by atoms with Crippen LogP contribution in [0.3, 0.4) is 0 Å². The van der Waals surface area contributed by atoms with E-state index in [4.69, 9.17) is 16.6 Å². The average Bonchev–Trinajstić information content (AvgIpc) is 3.37. The molecule has 0 radical (unpaired) electrons. The molecule has 2 fully saturated rings. The summed E-state index contributed by atoms with van der Waals surface area (Å²) in [6, 6.07) is 8.67. The molecule has 1 heterocycles. The van der Waals surface area contributed by atoms with E-state index in [2.05, 4.69) is 16.7 Å². The molecule has 1 unspecified atom stereocenters. The molecule has 2 aromatic rings. The third kappa shape index (κ3) is 2.13. The summed E-state index contributed by atoms with van der Waals surface area (Å²) in [5, 5.41) is 9.19. The largest absolute Gasteiger partial charge is 0.323 e. The molecule has 1 aromatic carbocycles. The van der Waals surface area contributed by atoms with Crippen molar-refractivity contribution >= 4 is 22.6 Å². The first-order valence-corrected chi connectivity index (χ1v) is 8.19. The lowest BCUT2D eigenvalue weighted by molar-refractivity contribution is 0.392. The number of benzene rings is 1. The molecule has 2 aliphatic rings. The molecule has 4 heteroatoms. The Morgan fingerprint density at radius 2 is 1.95 bits per heavy atom. The van der Waals surface area contributed by atoms with Gasteiger partial charge in [0, 0.05) is 6.04 Å². The zero-order valence-corrected chi connectivity index (χ0v) is 12.8. The van der Waals surface area contributed by atoms with Crippen molar-refractivity contribution in [3.05, 3.63) is 29.6 Å². The molecule has 0 bridgehead atoms. The van der Waals surface area contributed by atoms with E-state index in [0.29, 0.717) is 11.6 Å². The second-order valence-corrected chi connectivity index (χ2v) is 7.06. The van der Waals surface area contributed by atoms with Crippen LogP contribution in [0, 0.1) is 23.2 Å². The van der Waals surface area contributed by atoms with E-state index in [1.54, 1.807) is 0 Å². The van der Waals surface area contributed by atoms with E-state index in [1.165, 1.54) is 25.7 Å². The second kappa shape index (κ2) is 4.74. The summed E-state index contributed by atoms with van der Waals surface area (Å²) in [6.45, 7) is 1.97. The number of para-hydroxylation sites is 1. The third-order valence-electron chi connectivity index (χ3n) is 4.73. The number of hydrogen-bond donors (Lipinski definition) is 0. The van der Waals surface area contributed by atoms with Crippen LogP contribution in [0.25, 0.3) is 11.0 Å². The Hall–Kier alpha value is -1.53. The summed E-state index contributed by atoms with van der Waals surface area (Å²) in [7, 11) is 0. The van der Waals surface area contributed by atoms with E-state index < -0.39 is 0 Å². The van der Waals surface area contributed by atoms with Gasteiger partial charge in [-0.2, -0.15) is 5.26 Å². The zero-order valence-electron chi connectivity index (χ0n) is 12.1. The molecule has 2 aliphatic carbocycles. The molecule has 0 saturated heterocycles. The highest BCUT2D eigenvalue weighted by molar-refractivity contribution is 6.20. The van der Waals surface area contributed by atoms with Gasteiger partial charge in [0.25, 0.3) is 0 Å². The SMILES string of the molecule is CC(Cl)c1nc2c(C#N)cccc2n1C(C1CC1)C1CC1. The van der Waals surface area contributed by atoms with Gasteiger partial charge in [-0.3, -0.25) is 0 Å². The lowest BCUT2D eigenvalue weighted by Crippen LogP contribution is -2.16. The molecule has 0 amide bonds. The summed E-state index contributed by atoms with van der Waals surface area (Å²) < 4.78 is 2.36. The number of nitrogens with zero attached hydrogens (tertiary/aromatic N) is 3. The number of alkyl halides is 1. The van der Waals surface area contributed by atoms with Gasteiger partial charge in [-0.25, -0.2) is 4.98 Å². The average molecular weight is 300 g/mol. The van der Waals surface area contributed by atoms with Crippen molar-refractivity contribution in [3.8, 4) is 6.07 Å². The Balaban J connectivity index is 1.96. The van der Waals surface area contributed by atoms with Crippen molar-refractivity contribution in [3.63, 3.8) is 0 Å². The summed E-state index contributed by atoms with van der Waals surface area (Å²) in [4.78, 5) is 4.73. The Bertz CT molecular complexity index is 720. The predicted molar refractivity (Wildman–Crippen MR) is 83.2 cm³/mol. The summed E-state index contributed by atoms with van der Waals surface area (Å²) in [5.74, 6) is 2.47. The number of hydrogen-bond acceptors (Lipinski definition) is 2. The van der Waals surface area contributed by atoms with Crippen molar-refractivity contribution in [2.45, 2.75) is 44.0 Å². The summed E-state index contributed by atoms with van der Waals surface area (Å²) in [6.07, 6.45) is 5.26. The summed E-state index contributed by atoms with van der Waals surface area (Å²) in [5.41, 5.74) is 2.55. The zero-order chi connectivity index (χ0) is 14.6. The van der Waals surface area contributed by atoms with E-state index >= 15 is 0 Å². The first-order valence-electron chi connectivity index (χ1n) is 7.75. The number of nitriles is 1. The van der Waals surface area contributed by atoms with Gasteiger partial charge in [0.15, 0.2) is 0 Å². The lowest BCUT2D eigenvalue weighted by Gasteiger charge is -2.22. The molecule has 1 atom stereocenters. The van der Waals surface area contributed by atoms with Crippen molar-refractivity contribution in [2.75, 3.05) is 0 Å². The third-order valence-corrected chi connectivity index (χ3v) is 4.93. The fraction of sp³-hybridized carbons (Fsp3) is 0.529. The second-order valence-electron chi connectivity index (χ2n) is 6.41. The molecule has 4 rings (SSSR count). The molecule has 2 saturated carbocycles. The van der Waals surface area contributed by atoms with Crippen LogP contribution < -0.4 is 0 Å². The van der Waals surface area contributed by atoms with E-state index in [-0.39, 0.29) is 5.38 Å². The highest BCUT2D eigenvalue weighted by Crippen LogP contribution is 2.53. The highest BCUT2D eigenvalue weighted by atomic mass is 35.5. The quantitative estimate of drug-likeness (QED) is 0.776. The van der Waals surface area contributed by atoms with Crippen molar-refractivity contribution in [1.29, 1.82) is 5.26 Å². The van der Waals surface area contributed by atoms with Crippen LogP contribution in [0.4, 0.5) is 0 Å². The normalized spacial score (nSPS) is 19.9. The van der Waals surface area contributed by atoms with Crippen LogP contribution in [0.5, 0.6) is 0 Å². The molecule has 0 N–H and O–H groups in total. The van der Waals surface area contributed by atoms with Crippen LogP contribution in [-0.2, 0) is 0 Å². The fourth-order valence-electron chi connectivity index (χ4n) is 3.50. The number of aromatic nitrogens is 2. The van der Waals surface area contributed by atoms with Gasteiger partial charge in [-0.1, -0.05) is 6.07 Å². The standard InChI is InChI=1S/C17H18ClN3/c1-10(18)17-20-15-13(9-19)3-2-4-14(15)21(17)16(11-5-6-11)12-7-8-12/h2-4,10-12,16H,5-8H2,1H3. The van der Waals surface area contributed by atoms with Crippen molar-refractivity contribution in [2.24, 2.45) is 11.8 Å². The molecule has 108 valence electrons. The van der Waals surface area contributed by atoms with Crippen LogP contribution in [0.15, 0.2) is 18.2 Å². The molecule has 0 spiro atoms. The minimum absolute atomic E-state index is 0.135. The maximum Gasteiger partial charge on any atom is 0.128 e. The van der Waals surface area contributed by atoms with Gasteiger partial charge < -0.3 is 4.57 Å². The molecule has 21 heavy (non-hydrogen) atoms. The Kier molecular flexibility index (Phi) is 2.97. The van der Waals surface area contributed by atoms with Crippen LogP contribution >= 0.6 is 11.6 Å². The summed E-state index contributed by atoms with van der Waals surface area (Å²) >= 11 is 6.40. The first-order chi connectivity index (χ1) is 10.2. The van der Waals surface area contributed by atoms with Crippen molar-refractivity contribution < 1.29 is 0 Å². The lowest BCUT2D eigenvalue weighted by atomic mass is 10.1. The van der Waals surface area contributed by atoms with E-state index in [1.807, 2.05) is 19.1 Å². The first kappa shape index (κ1) is 13.2. The highest BCUT2D eigenvalue weighted by Gasteiger charge is 2.44. The number of imidazole rings is 1. The van der Waals surface area contributed by atoms with Gasteiger partial charge in [0.05, 0.1) is 16.5 Å². The monoisotopic (exact) mass is 299 g/mol. The Morgan fingerprint density at radius 1 is 1.29 bits per heavy atom. The predicted octanol–water partition coefficient (Wildman–Crippen LogP) is 4.57. The van der Waals surface area contributed by atoms with Gasteiger partial charge >= 0.3 is 0 Å². The maximum absolute atomic E-state index is 9.32. The number of rotatable bonds is 4. The molecular formula is C17H18ClN3. The van der Waals surface area contributed by atoms with Crippen LogP contribution in [0.2, 0.25) is 0 Å². The Morgan fingerprint density at radius 3 is 2.48 bits per heavy atom. The van der Waals surface area contributed by atoms with Crippen LogP contribution in [-0.4, -0.2) is 9.55 Å². The molecular weight excluding hydrogens is 282 g/mol. The van der Waals surface area contributed by atoms with Gasteiger partial charge in [-0.15, -0.1) is 11.6 Å². The molecule has 1 aromatic heterocycles. The minimum Gasteiger partial charge on any atom is -0.323 e. The van der Waals surface area contributed by atoms with E-state index in [0.717, 1.165) is 28.7 Å². The number of fused-ring (bicyclic) bond motifs is 1. The number of halogens is 1. The van der Waals surface area contributed by atoms with E-state index in [9.17, 15) is 5.26 Å². The van der Waals surface area contributed by atoms with Gasteiger partial charge in [-0.05, 0) is 56.6 Å². The molecule has 3 nitrogen and oxygen atoms in total. The smallest absolute Gasteiger partial charge is 0.128 e.